The van der Waals surface area contributed by atoms with Crippen LogP contribution in [0.5, 0.6) is 11.5 Å². The fourth-order valence-corrected chi connectivity index (χ4v) is 2.28. The van der Waals surface area contributed by atoms with Crippen molar-refractivity contribution in [2.24, 2.45) is 5.92 Å². The molecule has 2 rings (SSSR count). The number of anilines is 1. The van der Waals surface area contributed by atoms with Crippen LogP contribution in [0.4, 0.5) is 5.69 Å². The molecule has 0 radical (unpaired) electrons. The van der Waals surface area contributed by atoms with Crippen molar-refractivity contribution in [2.75, 3.05) is 25.1 Å². The maximum absolute atomic E-state index is 5.83. The van der Waals surface area contributed by atoms with Gasteiger partial charge in [0, 0.05) is 18.3 Å². The van der Waals surface area contributed by atoms with Crippen molar-refractivity contribution in [2.45, 2.75) is 27.7 Å². The summed E-state index contributed by atoms with van der Waals surface area (Å²) in [6, 6.07) is 14.3. The first-order valence-electron chi connectivity index (χ1n) is 8.21. The molecule has 0 saturated heterocycles. The maximum Gasteiger partial charge on any atom is 0.122 e. The molecule has 0 amide bonds. The summed E-state index contributed by atoms with van der Waals surface area (Å²) in [5.74, 6) is 2.38. The van der Waals surface area contributed by atoms with Crippen LogP contribution in [0.3, 0.4) is 0 Å². The van der Waals surface area contributed by atoms with Gasteiger partial charge in [-0.3, -0.25) is 0 Å². The molecule has 0 aromatic heterocycles. The highest BCUT2D eigenvalue weighted by Gasteiger charge is 2.01. The van der Waals surface area contributed by atoms with E-state index in [2.05, 4.69) is 45.1 Å². The lowest BCUT2D eigenvalue weighted by Gasteiger charge is -2.13. The van der Waals surface area contributed by atoms with Crippen LogP contribution in [-0.2, 0) is 0 Å². The molecule has 0 aliphatic carbocycles. The van der Waals surface area contributed by atoms with Crippen molar-refractivity contribution in [3.8, 4) is 11.5 Å². The molecule has 3 nitrogen and oxygen atoms in total. The van der Waals surface area contributed by atoms with Crippen molar-refractivity contribution < 1.29 is 9.47 Å². The molecular formula is C20H27NO2. The third-order valence-corrected chi connectivity index (χ3v) is 3.44. The quantitative estimate of drug-likeness (QED) is 0.708. The van der Waals surface area contributed by atoms with Crippen molar-refractivity contribution >= 4 is 5.69 Å². The summed E-state index contributed by atoms with van der Waals surface area (Å²) in [6.07, 6.45) is 0. The Kier molecular flexibility index (Phi) is 6.33. The lowest BCUT2D eigenvalue weighted by Crippen LogP contribution is -2.12. The molecule has 0 fully saturated rings. The van der Waals surface area contributed by atoms with Crippen LogP contribution in [0.25, 0.3) is 0 Å². The van der Waals surface area contributed by atoms with Gasteiger partial charge in [0.2, 0.25) is 0 Å². The number of benzene rings is 2. The van der Waals surface area contributed by atoms with Crippen LogP contribution in [0.2, 0.25) is 0 Å². The van der Waals surface area contributed by atoms with Gasteiger partial charge in [0.25, 0.3) is 0 Å². The van der Waals surface area contributed by atoms with Crippen molar-refractivity contribution in [1.29, 1.82) is 0 Å². The standard InChI is InChI=1S/C20H27NO2/c1-15(2)14-23-19-7-5-6-18(13-19)21-10-11-22-20-9-8-16(3)12-17(20)4/h5-9,12-13,15,21H,10-11,14H2,1-4H3. The van der Waals surface area contributed by atoms with Crippen LogP contribution in [0.1, 0.15) is 25.0 Å². The first-order valence-corrected chi connectivity index (χ1v) is 8.21. The fraction of sp³-hybridized carbons (Fsp3) is 0.400. The van der Waals surface area contributed by atoms with Crippen LogP contribution >= 0.6 is 0 Å². The molecule has 2 aromatic rings. The summed E-state index contributed by atoms with van der Waals surface area (Å²) >= 11 is 0. The first kappa shape index (κ1) is 17.2. The molecule has 124 valence electrons. The van der Waals surface area contributed by atoms with Crippen molar-refractivity contribution in [3.05, 3.63) is 53.6 Å². The van der Waals surface area contributed by atoms with E-state index in [1.54, 1.807) is 0 Å². The molecule has 1 N–H and O–H groups in total. The Morgan fingerprint density at radius 2 is 1.83 bits per heavy atom. The van der Waals surface area contributed by atoms with Crippen molar-refractivity contribution in [1.82, 2.24) is 0 Å². The minimum atomic E-state index is 0.526. The molecule has 2 aromatic carbocycles. The van der Waals surface area contributed by atoms with Crippen LogP contribution in [-0.4, -0.2) is 19.8 Å². The minimum absolute atomic E-state index is 0.526. The molecule has 0 spiro atoms. The Balaban J connectivity index is 1.78. The topological polar surface area (TPSA) is 30.5 Å². The minimum Gasteiger partial charge on any atom is -0.493 e. The largest absolute Gasteiger partial charge is 0.493 e. The highest BCUT2D eigenvalue weighted by molar-refractivity contribution is 5.48. The van der Waals surface area contributed by atoms with Crippen molar-refractivity contribution in [3.63, 3.8) is 0 Å². The highest BCUT2D eigenvalue weighted by Crippen LogP contribution is 2.19. The van der Waals surface area contributed by atoms with Gasteiger partial charge in [-0.2, -0.15) is 0 Å². The number of aryl methyl sites for hydroxylation is 2. The van der Waals surface area contributed by atoms with Gasteiger partial charge in [-0.05, 0) is 43.5 Å². The second-order valence-corrected chi connectivity index (χ2v) is 6.28. The number of hydrogen-bond acceptors (Lipinski definition) is 3. The molecule has 23 heavy (non-hydrogen) atoms. The van der Waals surface area contributed by atoms with Gasteiger partial charge >= 0.3 is 0 Å². The highest BCUT2D eigenvalue weighted by atomic mass is 16.5. The number of ether oxygens (including phenoxy) is 2. The lowest BCUT2D eigenvalue weighted by atomic mass is 10.1. The maximum atomic E-state index is 5.83. The first-order chi connectivity index (χ1) is 11.0. The van der Waals surface area contributed by atoms with E-state index in [4.69, 9.17) is 9.47 Å². The van der Waals surface area contributed by atoms with Gasteiger partial charge in [0.15, 0.2) is 0 Å². The van der Waals surface area contributed by atoms with E-state index in [1.807, 2.05) is 30.3 Å². The third-order valence-electron chi connectivity index (χ3n) is 3.44. The second kappa shape index (κ2) is 8.47. The van der Waals surface area contributed by atoms with Gasteiger partial charge in [-0.25, -0.2) is 0 Å². The zero-order valence-corrected chi connectivity index (χ0v) is 14.6. The SMILES string of the molecule is Cc1ccc(OCCNc2cccc(OCC(C)C)c2)c(C)c1. The van der Waals surface area contributed by atoms with Crippen LogP contribution < -0.4 is 14.8 Å². The lowest BCUT2D eigenvalue weighted by molar-refractivity contribution is 0.271. The Morgan fingerprint density at radius 3 is 2.57 bits per heavy atom. The summed E-state index contributed by atoms with van der Waals surface area (Å²) in [5, 5.41) is 3.37. The average molecular weight is 313 g/mol. The van der Waals surface area contributed by atoms with Gasteiger partial charge in [0.1, 0.15) is 18.1 Å². The Hall–Kier alpha value is -2.16. The molecule has 0 aliphatic rings. The Morgan fingerprint density at radius 1 is 1.00 bits per heavy atom. The summed E-state index contributed by atoms with van der Waals surface area (Å²) < 4.78 is 11.6. The molecule has 3 heteroatoms. The Bertz CT molecular complexity index is 623. The van der Waals surface area contributed by atoms with Crippen LogP contribution in [0.15, 0.2) is 42.5 Å². The molecule has 0 aliphatic heterocycles. The summed E-state index contributed by atoms with van der Waals surface area (Å²) in [7, 11) is 0. The van der Waals surface area contributed by atoms with Gasteiger partial charge in [-0.1, -0.05) is 37.6 Å². The smallest absolute Gasteiger partial charge is 0.122 e. The Labute approximate surface area is 139 Å². The number of rotatable bonds is 8. The van der Waals surface area contributed by atoms with Gasteiger partial charge < -0.3 is 14.8 Å². The van der Waals surface area contributed by atoms with E-state index in [0.717, 1.165) is 30.3 Å². The molecule has 0 unspecified atom stereocenters. The monoisotopic (exact) mass is 313 g/mol. The predicted octanol–water partition coefficient (Wildman–Crippen LogP) is 4.83. The van der Waals surface area contributed by atoms with E-state index < -0.39 is 0 Å². The second-order valence-electron chi connectivity index (χ2n) is 6.28. The molecule has 0 bridgehead atoms. The van der Waals surface area contributed by atoms with E-state index in [9.17, 15) is 0 Å². The van der Waals surface area contributed by atoms with Crippen LogP contribution in [0, 0.1) is 19.8 Å². The number of hydrogen-bond donors (Lipinski definition) is 1. The summed E-state index contributed by atoms with van der Waals surface area (Å²) in [5.41, 5.74) is 3.48. The van der Waals surface area contributed by atoms with Gasteiger partial charge in [0.05, 0.1) is 6.61 Å². The predicted molar refractivity (Wildman–Crippen MR) is 96.7 cm³/mol. The average Bonchev–Trinajstić information content (AvgIpc) is 2.51. The molecule has 0 saturated carbocycles. The van der Waals surface area contributed by atoms with E-state index >= 15 is 0 Å². The zero-order chi connectivity index (χ0) is 16.7. The summed E-state index contributed by atoms with van der Waals surface area (Å²) in [6.45, 7) is 10.6. The third kappa shape index (κ3) is 5.85. The van der Waals surface area contributed by atoms with Gasteiger partial charge in [-0.15, -0.1) is 0 Å². The normalized spacial score (nSPS) is 10.7. The van der Waals surface area contributed by atoms with E-state index in [-0.39, 0.29) is 0 Å². The molecule has 0 atom stereocenters. The summed E-state index contributed by atoms with van der Waals surface area (Å²) in [4.78, 5) is 0. The van der Waals surface area contributed by atoms with E-state index in [1.165, 1.54) is 11.1 Å². The number of nitrogens with one attached hydrogen (secondary N) is 1. The molecular weight excluding hydrogens is 286 g/mol. The molecule has 0 heterocycles. The van der Waals surface area contributed by atoms with E-state index in [0.29, 0.717) is 12.5 Å². The zero-order valence-electron chi connectivity index (χ0n) is 14.6. The fourth-order valence-electron chi connectivity index (χ4n) is 2.28.